The molecule has 0 aromatic heterocycles. The van der Waals surface area contributed by atoms with Gasteiger partial charge < -0.3 is 9.80 Å². The van der Waals surface area contributed by atoms with Crippen molar-refractivity contribution in [3.05, 3.63) is 94.8 Å². The van der Waals surface area contributed by atoms with Gasteiger partial charge in [0.1, 0.15) is 5.82 Å². The summed E-state index contributed by atoms with van der Waals surface area (Å²) in [6.45, 7) is 0.396. The number of rotatable bonds is 1. The first-order chi connectivity index (χ1) is 14.1. The predicted octanol–water partition coefficient (Wildman–Crippen LogP) is 4.24. The second-order valence-corrected chi connectivity index (χ2v) is 7.18. The molecule has 0 atom stereocenters. The van der Waals surface area contributed by atoms with E-state index in [-0.39, 0.29) is 5.91 Å². The van der Waals surface area contributed by atoms with Gasteiger partial charge in [-0.3, -0.25) is 9.59 Å². The molecule has 3 aromatic rings. The molecule has 2 heterocycles. The van der Waals surface area contributed by atoms with Crippen LogP contribution in [0.5, 0.6) is 0 Å². The first-order valence-corrected chi connectivity index (χ1v) is 9.32. The van der Waals surface area contributed by atoms with Crippen LogP contribution in [0.3, 0.4) is 0 Å². The van der Waals surface area contributed by atoms with Crippen molar-refractivity contribution in [1.29, 1.82) is 0 Å². The van der Waals surface area contributed by atoms with Gasteiger partial charge in [0.2, 0.25) is 6.41 Å². The fourth-order valence-corrected chi connectivity index (χ4v) is 4.25. The van der Waals surface area contributed by atoms with Crippen LogP contribution in [-0.4, -0.2) is 19.4 Å². The Morgan fingerprint density at radius 2 is 1.59 bits per heavy atom. The molecule has 0 radical (unpaired) electrons. The number of benzene rings is 3. The fourth-order valence-electron chi connectivity index (χ4n) is 4.25. The number of carbonyl (C=O) groups excluding carboxylic acids is 2. The lowest BCUT2D eigenvalue weighted by molar-refractivity contribution is -0.112. The van der Waals surface area contributed by atoms with Crippen LogP contribution in [0.4, 0.5) is 15.8 Å². The number of carbonyl (C=O) groups is 2. The van der Waals surface area contributed by atoms with Gasteiger partial charge in [-0.1, -0.05) is 42.5 Å². The summed E-state index contributed by atoms with van der Waals surface area (Å²) in [5.74, 6) is -0.584. The summed E-state index contributed by atoms with van der Waals surface area (Å²) >= 11 is 0. The zero-order valence-corrected chi connectivity index (χ0v) is 15.7. The highest BCUT2D eigenvalue weighted by atomic mass is 19.1. The molecule has 0 aliphatic carbocycles. The fraction of sp³-hybridized carbons (Fsp3) is 0.0833. The van der Waals surface area contributed by atoms with Crippen molar-refractivity contribution in [2.24, 2.45) is 0 Å². The summed E-state index contributed by atoms with van der Waals surface area (Å²) in [5.41, 5.74) is 5.72. The molecule has 0 N–H and O–H groups in total. The van der Waals surface area contributed by atoms with Crippen molar-refractivity contribution in [1.82, 2.24) is 0 Å². The Hall–Kier alpha value is -3.73. The van der Waals surface area contributed by atoms with Crippen molar-refractivity contribution in [3.63, 3.8) is 0 Å². The summed E-state index contributed by atoms with van der Waals surface area (Å²) in [6, 6.07) is 19.6. The van der Waals surface area contributed by atoms with Crippen LogP contribution >= 0.6 is 0 Å². The highest BCUT2D eigenvalue weighted by Gasteiger charge is 2.35. The lowest BCUT2D eigenvalue weighted by Gasteiger charge is -2.18. The molecule has 0 saturated carbocycles. The summed E-state index contributed by atoms with van der Waals surface area (Å²) < 4.78 is 14.1. The molecule has 5 rings (SSSR count). The van der Waals surface area contributed by atoms with Crippen molar-refractivity contribution >= 4 is 34.8 Å². The largest absolute Gasteiger partial charge is 0.311 e. The van der Waals surface area contributed by atoms with Gasteiger partial charge in [-0.2, -0.15) is 0 Å². The van der Waals surface area contributed by atoms with Gasteiger partial charge in [0.25, 0.3) is 5.91 Å². The molecule has 29 heavy (non-hydrogen) atoms. The van der Waals surface area contributed by atoms with E-state index in [1.165, 1.54) is 12.1 Å². The Balaban J connectivity index is 1.94. The van der Waals surface area contributed by atoms with Gasteiger partial charge >= 0.3 is 0 Å². The zero-order chi connectivity index (χ0) is 20.1. The molecule has 0 fully saturated rings. The SMILES string of the molecule is CN1C(=O)/C(=C2\c3ccccc3CN(C=O)c3ccccc32)c2cc(F)ccc21. The van der Waals surface area contributed by atoms with E-state index in [4.69, 9.17) is 0 Å². The van der Waals surface area contributed by atoms with E-state index >= 15 is 0 Å². The van der Waals surface area contributed by atoms with E-state index in [1.807, 2.05) is 48.5 Å². The number of para-hydroxylation sites is 1. The van der Waals surface area contributed by atoms with Gasteiger partial charge in [0.15, 0.2) is 0 Å². The minimum absolute atomic E-state index is 0.190. The van der Waals surface area contributed by atoms with Crippen LogP contribution in [0.2, 0.25) is 0 Å². The standard InChI is InChI=1S/C24H17FN2O2/c1-26-20-11-10-16(25)12-19(20)23(24(26)29)22-17-7-3-2-6-15(17)13-27(14-28)21-9-5-4-8-18(21)22/h2-12,14H,13H2,1H3/b23-22+. The Morgan fingerprint density at radius 1 is 0.862 bits per heavy atom. The molecule has 0 saturated heterocycles. The molecule has 142 valence electrons. The number of nitrogens with zero attached hydrogens (tertiary/aromatic N) is 2. The molecule has 4 nitrogen and oxygen atoms in total. The number of likely N-dealkylation sites (N-methyl/N-ethyl adjacent to an activating group) is 1. The third kappa shape index (κ3) is 2.51. The molecule has 2 aliphatic rings. The number of anilines is 2. The van der Waals surface area contributed by atoms with E-state index in [2.05, 4.69) is 0 Å². The maximum atomic E-state index is 14.1. The van der Waals surface area contributed by atoms with Crippen molar-refractivity contribution in [2.45, 2.75) is 6.54 Å². The zero-order valence-electron chi connectivity index (χ0n) is 15.7. The maximum absolute atomic E-state index is 14.1. The minimum Gasteiger partial charge on any atom is -0.311 e. The number of hydrogen-bond acceptors (Lipinski definition) is 2. The highest BCUT2D eigenvalue weighted by molar-refractivity contribution is 6.39. The van der Waals surface area contributed by atoms with Gasteiger partial charge in [-0.25, -0.2) is 4.39 Å². The van der Waals surface area contributed by atoms with Crippen LogP contribution in [0.25, 0.3) is 11.1 Å². The van der Waals surface area contributed by atoms with Gasteiger partial charge in [-0.15, -0.1) is 0 Å². The quantitative estimate of drug-likeness (QED) is 0.465. The highest BCUT2D eigenvalue weighted by Crippen LogP contribution is 2.46. The van der Waals surface area contributed by atoms with Crippen LogP contribution in [0.15, 0.2) is 66.7 Å². The topological polar surface area (TPSA) is 40.6 Å². The molecule has 5 heteroatoms. The van der Waals surface area contributed by atoms with Crippen LogP contribution in [-0.2, 0) is 16.1 Å². The van der Waals surface area contributed by atoms with Crippen molar-refractivity contribution in [3.8, 4) is 0 Å². The normalized spacial score (nSPS) is 17.5. The summed E-state index contributed by atoms with van der Waals surface area (Å²) in [7, 11) is 1.69. The Kier molecular flexibility index (Phi) is 3.84. The Bertz CT molecular complexity index is 1220. The van der Waals surface area contributed by atoms with Crippen molar-refractivity contribution < 1.29 is 14.0 Å². The average molecular weight is 384 g/mol. The third-order valence-electron chi connectivity index (χ3n) is 5.60. The predicted molar refractivity (Wildman–Crippen MR) is 111 cm³/mol. The van der Waals surface area contributed by atoms with E-state index in [9.17, 15) is 14.0 Å². The molecule has 3 aromatic carbocycles. The first-order valence-electron chi connectivity index (χ1n) is 9.32. The molecule has 0 bridgehead atoms. The Labute approximate surface area is 167 Å². The molecular formula is C24H17FN2O2. The lowest BCUT2D eigenvalue weighted by atomic mass is 9.88. The second-order valence-electron chi connectivity index (χ2n) is 7.18. The summed E-state index contributed by atoms with van der Waals surface area (Å²) in [6.07, 6.45) is 0.805. The lowest BCUT2D eigenvalue weighted by Crippen LogP contribution is -2.21. The molecular weight excluding hydrogens is 367 g/mol. The average Bonchev–Trinajstić information content (AvgIpc) is 2.90. The summed E-state index contributed by atoms with van der Waals surface area (Å²) in [4.78, 5) is 28.4. The van der Waals surface area contributed by atoms with E-state index < -0.39 is 5.82 Å². The van der Waals surface area contributed by atoms with E-state index in [0.29, 0.717) is 23.4 Å². The molecule has 2 aliphatic heterocycles. The van der Waals surface area contributed by atoms with Crippen LogP contribution in [0.1, 0.15) is 22.3 Å². The molecule has 2 amide bonds. The smallest absolute Gasteiger partial charge is 0.259 e. The van der Waals surface area contributed by atoms with Crippen LogP contribution < -0.4 is 9.80 Å². The second kappa shape index (κ2) is 6.41. The molecule has 0 unspecified atom stereocenters. The minimum atomic E-state index is -0.394. The van der Waals surface area contributed by atoms with Gasteiger partial charge in [-0.05, 0) is 35.4 Å². The Morgan fingerprint density at radius 3 is 2.38 bits per heavy atom. The molecule has 0 spiro atoms. The number of halogens is 1. The monoisotopic (exact) mass is 384 g/mol. The number of amides is 2. The summed E-state index contributed by atoms with van der Waals surface area (Å²) in [5, 5.41) is 0. The maximum Gasteiger partial charge on any atom is 0.259 e. The number of hydrogen-bond donors (Lipinski definition) is 0. The van der Waals surface area contributed by atoms with Crippen molar-refractivity contribution in [2.75, 3.05) is 16.8 Å². The van der Waals surface area contributed by atoms with Crippen LogP contribution in [0, 0.1) is 5.82 Å². The number of fused-ring (bicyclic) bond motifs is 3. The van der Waals surface area contributed by atoms with Gasteiger partial charge in [0.05, 0.1) is 23.5 Å². The first kappa shape index (κ1) is 17.4. The van der Waals surface area contributed by atoms with E-state index in [0.717, 1.165) is 34.4 Å². The van der Waals surface area contributed by atoms with Gasteiger partial charge in [0, 0.05) is 23.7 Å². The third-order valence-corrected chi connectivity index (χ3v) is 5.60. The van der Waals surface area contributed by atoms with E-state index in [1.54, 1.807) is 22.9 Å².